The van der Waals surface area contributed by atoms with Crippen LogP contribution in [-0.4, -0.2) is 18.7 Å². The third kappa shape index (κ3) is 4.30. The molecule has 0 fully saturated rings. The molecule has 6 rings (SSSR count). The van der Waals surface area contributed by atoms with Crippen LogP contribution in [0.1, 0.15) is 34.2 Å². The fourth-order valence-electron chi connectivity index (χ4n) is 5.59. The Kier molecular flexibility index (Phi) is 6.67. The molecule has 0 radical (unpaired) electrons. The van der Waals surface area contributed by atoms with E-state index < -0.39 is 5.92 Å². The zero-order valence-corrected chi connectivity index (χ0v) is 24.0. The lowest BCUT2D eigenvalue weighted by Gasteiger charge is -2.13. The molecular formula is C33H29ClN4O3. The summed E-state index contributed by atoms with van der Waals surface area (Å²) in [7, 11) is 3.70. The number of halogens is 1. The van der Waals surface area contributed by atoms with E-state index in [4.69, 9.17) is 16.0 Å². The highest BCUT2D eigenvalue weighted by Gasteiger charge is 2.35. The van der Waals surface area contributed by atoms with Gasteiger partial charge in [0.2, 0.25) is 0 Å². The fraction of sp³-hybridized carbons (Fsp3) is 0.152. The Labute approximate surface area is 242 Å². The molecule has 3 aromatic carbocycles. The van der Waals surface area contributed by atoms with Gasteiger partial charge in [0.15, 0.2) is 0 Å². The lowest BCUT2D eigenvalue weighted by Crippen LogP contribution is -2.26. The van der Waals surface area contributed by atoms with Crippen LogP contribution in [0.4, 0.5) is 0 Å². The highest BCUT2D eigenvalue weighted by atomic mass is 35.5. The van der Waals surface area contributed by atoms with E-state index in [-0.39, 0.29) is 11.1 Å². The maximum Gasteiger partial charge on any atom is 0.275 e. The summed E-state index contributed by atoms with van der Waals surface area (Å²) in [4.78, 5) is 28.6. The van der Waals surface area contributed by atoms with Crippen LogP contribution in [0.25, 0.3) is 22.7 Å². The van der Waals surface area contributed by atoms with Gasteiger partial charge >= 0.3 is 0 Å². The first-order valence-electron chi connectivity index (χ1n) is 13.3. The third-order valence-corrected chi connectivity index (χ3v) is 8.16. The van der Waals surface area contributed by atoms with Gasteiger partial charge < -0.3 is 4.42 Å². The van der Waals surface area contributed by atoms with Crippen molar-refractivity contribution >= 4 is 11.6 Å². The normalized spacial score (nSPS) is 11.5. The Balaban J connectivity index is 1.64. The van der Waals surface area contributed by atoms with Crippen molar-refractivity contribution in [2.45, 2.75) is 19.8 Å². The molecule has 0 aliphatic rings. The van der Waals surface area contributed by atoms with E-state index in [0.29, 0.717) is 27.7 Å². The van der Waals surface area contributed by atoms with Gasteiger partial charge in [0.1, 0.15) is 11.5 Å². The molecule has 0 N–H and O–H groups in total. The van der Waals surface area contributed by atoms with Crippen LogP contribution >= 0.6 is 11.6 Å². The molecule has 7 nitrogen and oxygen atoms in total. The molecule has 0 aliphatic carbocycles. The number of furan rings is 1. The van der Waals surface area contributed by atoms with Crippen molar-refractivity contribution in [2.75, 3.05) is 0 Å². The van der Waals surface area contributed by atoms with Gasteiger partial charge in [0.05, 0.1) is 33.4 Å². The van der Waals surface area contributed by atoms with Crippen LogP contribution in [0, 0.1) is 13.8 Å². The van der Waals surface area contributed by atoms with Gasteiger partial charge in [0.25, 0.3) is 11.1 Å². The smallest absolute Gasteiger partial charge is 0.275 e. The van der Waals surface area contributed by atoms with Gasteiger partial charge in [-0.25, -0.2) is 9.36 Å². The molecule has 41 heavy (non-hydrogen) atoms. The standard InChI is InChI=1S/C33H29ClN4O3/c1-21-29(32(39)37(35(21)3)23-13-7-5-8-14-23)31(28-20-19-27(41-28)25-17-11-12-18-26(25)34)30-22(2)36(4)38(33(30)40)24-15-9-6-10-16-24/h5-20,31H,1-4H3. The summed E-state index contributed by atoms with van der Waals surface area (Å²) in [6.07, 6.45) is 0. The van der Waals surface area contributed by atoms with Crippen LogP contribution in [0.5, 0.6) is 0 Å². The largest absolute Gasteiger partial charge is 0.460 e. The van der Waals surface area contributed by atoms with E-state index in [9.17, 15) is 9.59 Å². The van der Waals surface area contributed by atoms with Crippen molar-refractivity contribution in [1.82, 2.24) is 18.7 Å². The number of rotatable bonds is 6. The number of aromatic nitrogens is 4. The summed E-state index contributed by atoms with van der Waals surface area (Å²) in [6, 6.07) is 30.0. The first-order valence-corrected chi connectivity index (χ1v) is 13.7. The van der Waals surface area contributed by atoms with E-state index in [2.05, 4.69) is 0 Å². The molecule has 0 bridgehead atoms. The molecule has 0 unspecified atom stereocenters. The van der Waals surface area contributed by atoms with Crippen LogP contribution in [0.3, 0.4) is 0 Å². The Morgan fingerprint density at radius 2 is 1.10 bits per heavy atom. The van der Waals surface area contributed by atoms with Crippen molar-refractivity contribution in [2.24, 2.45) is 14.1 Å². The molecule has 3 aromatic heterocycles. The zero-order chi connectivity index (χ0) is 28.8. The van der Waals surface area contributed by atoms with Gasteiger partial charge in [-0.05, 0) is 62.4 Å². The van der Waals surface area contributed by atoms with E-state index in [1.807, 2.05) is 128 Å². The first kappa shape index (κ1) is 26.5. The average Bonchev–Trinajstić information content (AvgIpc) is 3.61. The summed E-state index contributed by atoms with van der Waals surface area (Å²) in [5.41, 5.74) is 4.17. The van der Waals surface area contributed by atoms with Crippen molar-refractivity contribution in [3.05, 3.63) is 151 Å². The highest BCUT2D eigenvalue weighted by Crippen LogP contribution is 2.37. The number of hydrogen-bond donors (Lipinski definition) is 0. The second-order valence-corrected chi connectivity index (χ2v) is 10.5. The maximum atomic E-state index is 14.3. The topological polar surface area (TPSA) is 67.0 Å². The second-order valence-electron chi connectivity index (χ2n) is 10.1. The second kappa shape index (κ2) is 10.3. The summed E-state index contributed by atoms with van der Waals surface area (Å²) < 4.78 is 13.4. The van der Waals surface area contributed by atoms with Gasteiger partial charge in [-0.15, -0.1) is 0 Å². The first-order chi connectivity index (χ1) is 19.8. The van der Waals surface area contributed by atoms with Crippen molar-refractivity contribution in [1.29, 1.82) is 0 Å². The zero-order valence-electron chi connectivity index (χ0n) is 23.2. The Morgan fingerprint density at radius 3 is 1.59 bits per heavy atom. The minimum absolute atomic E-state index is 0.217. The molecule has 0 amide bonds. The lowest BCUT2D eigenvalue weighted by atomic mass is 9.89. The molecule has 0 atom stereocenters. The summed E-state index contributed by atoms with van der Waals surface area (Å²) in [5, 5.41) is 0.551. The molecule has 0 spiro atoms. The number of hydrogen-bond acceptors (Lipinski definition) is 3. The van der Waals surface area contributed by atoms with Crippen molar-refractivity contribution in [3.8, 4) is 22.7 Å². The van der Waals surface area contributed by atoms with E-state index in [1.165, 1.54) is 0 Å². The van der Waals surface area contributed by atoms with Crippen LogP contribution in [0.15, 0.2) is 111 Å². The molecule has 8 heteroatoms. The molecule has 206 valence electrons. The highest BCUT2D eigenvalue weighted by molar-refractivity contribution is 6.33. The monoisotopic (exact) mass is 564 g/mol. The molecule has 0 saturated heterocycles. The van der Waals surface area contributed by atoms with Gasteiger partial charge in [0, 0.05) is 31.0 Å². The van der Waals surface area contributed by atoms with Gasteiger partial charge in [-0.1, -0.05) is 60.1 Å². The van der Waals surface area contributed by atoms with Crippen molar-refractivity contribution < 1.29 is 4.42 Å². The molecule has 6 aromatic rings. The van der Waals surface area contributed by atoms with Crippen molar-refractivity contribution in [3.63, 3.8) is 0 Å². The van der Waals surface area contributed by atoms with Crippen LogP contribution in [-0.2, 0) is 14.1 Å². The van der Waals surface area contributed by atoms with E-state index >= 15 is 0 Å². The molecule has 3 heterocycles. The maximum absolute atomic E-state index is 14.3. The SMILES string of the molecule is Cc1c(C(c2ccc(-c3ccccc3Cl)o2)c2c(C)n(C)n(-c3ccccc3)c2=O)c(=O)n(-c2ccccc2)n1C. The van der Waals surface area contributed by atoms with Crippen LogP contribution in [0.2, 0.25) is 5.02 Å². The summed E-state index contributed by atoms with van der Waals surface area (Å²) >= 11 is 6.49. The van der Waals surface area contributed by atoms with Crippen LogP contribution < -0.4 is 11.1 Å². The Morgan fingerprint density at radius 1 is 0.634 bits per heavy atom. The van der Waals surface area contributed by atoms with Gasteiger partial charge in [-0.3, -0.25) is 19.0 Å². The predicted octanol–water partition coefficient (Wildman–Crippen LogP) is 6.38. The Hall–Kier alpha value is -4.75. The fourth-order valence-corrected chi connectivity index (χ4v) is 5.81. The van der Waals surface area contributed by atoms with Gasteiger partial charge in [-0.2, -0.15) is 0 Å². The number of para-hydroxylation sites is 2. The molecular weight excluding hydrogens is 536 g/mol. The molecule has 0 saturated carbocycles. The third-order valence-electron chi connectivity index (χ3n) is 7.83. The average molecular weight is 565 g/mol. The number of nitrogens with zero attached hydrogens (tertiary/aromatic N) is 4. The minimum Gasteiger partial charge on any atom is -0.460 e. The lowest BCUT2D eigenvalue weighted by molar-refractivity contribution is 0.513. The molecule has 0 aliphatic heterocycles. The summed E-state index contributed by atoms with van der Waals surface area (Å²) in [6.45, 7) is 3.80. The Bertz CT molecular complexity index is 1890. The predicted molar refractivity (Wildman–Crippen MR) is 162 cm³/mol. The van der Waals surface area contributed by atoms with E-state index in [0.717, 1.165) is 28.3 Å². The summed E-state index contributed by atoms with van der Waals surface area (Å²) in [5.74, 6) is 0.278. The quantitative estimate of drug-likeness (QED) is 0.236. The number of benzene rings is 3. The minimum atomic E-state index is -0.765. The van der Waals surface area contributed by atoms with E-state index in [1.54, 1.807) is 15.4 Å².